The fourth-order valence-corrected chi connectivity index (χ4v) is 2.48. The van der Waals surface area contributed by atoms with Crippen LogP contribution in [-0.2, 0) is 14.2 Å². The lowest BCUT2D eigenvalue weighted by Crippen LogP contribution is -2.36. The fraction of sp³-hybridized carbons (Fsp3) is 0.778. The van der Waals surface area contributed by atoms with Gasteiger partial charge in [-0.1, -0.05) is 6.92 Å². The van der Waals surface area contributed by atoms with Gasteiger partial charge in [-0.2, -0.15) is 0 Å². The summed E-state index contributed by atoms with van der Waals surface area (Å²) >= 11 is 0. The van der Waals surface area contributed by atoms with Crippen molar-refractivity contribution in [3.63, 3.8) is 0 Å². The summed E-state index contributed by atoms with van der Waals surface area (Å²) in [4.78, 5) is 22.3. The van der Waals surface area contributed by atoms with E-state index in [0.717, 1.165) is 0 Å². The molecule has 1 fully saturated rings. The molecule has 84 valence electrons. The molecule has 1 aliphatic heterocycles. The van der Waals surface area contributed by atoms with Crippen LogP contribution in [0.15, 0.2) is 0 Å². The van der Waals surface area contributed by atoms with Crippen molar-refractivity contribution >= 4 is 20.3 Å². The minimum atomic E-state index is -0.989. The third kappa shape index (κ3) is 2.53. The zero-order valence-electron chi connectivity index (χ0n) is 8.47. The predicted octanol–water partition coefficient (Wildman–Crippen LogP) is 0.894. The maximum Gasteiger partial charge on any atom is 0.326 e. The third-order valence-electron chi connectivity index (χ3n) is 2.85. The lowest BCUT2D eigenvalue weighted by molar-refractivity contribution is -0.140. The Kier molecular flexibility index (Phi) is 4.21. The molecule has 0 unspecified atom stereocenters. The molecule has 1 saturated heterocycles. The average Bonchev–Trinajstić information content (AvgIpc) is 2.52. The summed E-state index contributed by atoms with van der Waals surface area (Å²) in [6.07, 6.45) is 1.52. The number of carbonyl (C=O) groups is 2. The van der Waals surface area contributed by atoms with Crippen LogP contribution in [0.5, 0.6) is 0 Å². The molecule has 0 aromatic carbocycles. The Morgan fingerprint density at radius 1 is 1.60 bits per heavy atom. The van der Waals surface area contributed by atoms with Gasteiger partial charge in [0.1, 0.15) is 6.04 Å². The van der Waals surface area contributed by atoms with Gasteiger partial charge in [-0.25, -0.2) is 4.79 Å². The highest BCUT2D eigenvalue weighted by Gasteiger charge is 2.44. The molecule has 3 atom stereocenters. The molecule has 2 N–H and O–H groups in total. The van der Waals surface area contributed by atoms with E-state index in [4.69, 9.17) is 5.11 Å². The van der Waals surface area contributed by atoms with Crippen LogP contribution in [0, 0.1) is 11.8 Å². The first-order valence-electron chi connectivity index (χ1n) is 4.94. The van der Waals surface area contributed by atoms with E-state index in [1.807, 2.05) is 6.92 Å². The van der Waals surface area contributed by atoms with Crippen LogP contribution in [0.3, 0.4) is 0 Å². The summed E-state index contributed by atoms with van der Waals surface area (Å²) in [5, 5.41) is 11.4. The molecule has 1 heterocycles. The molecular formula is C9H14NO4P. The Balaban J connectivity index is 2.73. The van der Waals surface area contributed by atoms with Crippen molar-refractivity contribution in [2.75, 3.05) is 6.16 Å². The van der Waals surface area contributed by atoms with Crippen LogP contribution in [0.2, 0.25) is 0 Å². The van der Waals surface area contributed by atoms with Crippen molar-refractivity contribution in [1.82, 2.24) is 5.32 Å². The first-order chi connectivity index (χ1) is 7.11. The summed E-state index contributed by atoms with van der Waals surface area (Å²) in [5.74, 6) is -1.70. The van der Waals surface area contributed by atoms with Gasteiger partial charge in [-0.3, -0.25) is 9.36 Å². The molecule has 0 aromatic heterocycles. The predicted molar refractivity (Wildman–Crippen MR) is 53.9 cm³/mol. The Labute approximate surface area is 89.4 Å². The molecule has 1 rings (SSSR count). The van der Waals surface area contributed by atoms with Gasteiger partial charge >= 0.3 is 5.97 Å². The van der Waals surface area contributed by atoms with E-state index in [2.05, 4.69) is 5.32 Å². The zero-order chi connectivity index (χ0) is 11.4. The highest BCUT2D eigenvalue weighted by atomic mass is 31.1. The molecule has 1 amide bonds. The molecule has 0 aromatic rings. The monoisotopic (exact) mass is 231 g/mol. The van der Waals surface area contributed by atoms with E-state index in [-0.39, 0.29) is 26.2 Å². The van der Waals surface area contributed by atoms with Crippen LogP contribution in [0.4, 0.5) is 0 Å². The van der Waals surface area contributed by atoms with E-state index in [1.165, 1.54) is 0 Å². The highest BCUT2D eigenvalue weighted by Crippen LogP contribution is 2.30. The minimum Gasteiger partial charge on any atom is -0.480 e. The van der Waals surface area contributed by atoms with E-state index in [1.54, 1.807) is 0 Å². The highest BCUT2D eigenvalue weighted by molar-refractivity contribution is 7.23. The van der Waals surface area contributed by atoms with E-state index in [0.29, 0.717) is 19.0 Å². The van der Waals surface area contributed by atoms with Gasteiger partial charge in [-0.05, 0) is 12.8 Å². The Morgan fingerprint density at radius 2 is 2.27 bits per heavy atom. The summed E-state index contributed by atoms with van der Waals surface area (Å²) in [6.45, 7) is 1.86. The standard InChI is InChI=1S/C9H14NO4P/c1-2-5-6(3-4-15-14)8(11)10-7(5)9(12)13/h5-7H,2-4H2,1H3,(H,10,11)(H,12,13)/t5-,6-,7-/m1/s1. The summed E-state index contributed by atoms with van der Waals surface area (Å²) in [5.41, 5.74) is 0. The molecule has 15 heavy (non-hydrogen) atoms. The smallest absolute Gasteiger partial charge is 0.326 e. The van der Waals surface area contributed by atoms with Gasteiger partial charge in [0.05, 0.1) is 0 Å². The number of aliphatic carboxylic acids is 1. The molecule has 1 aliphatic rings. The van der Waals surface area contributed by atoms with Gasteiger partial charge in [0.25, 0.3) is 0 Å². The van der Waals surface area contributed by atoms with Crippen LogP contribution in [0.25, 0.3) is 0 Å². The number of carbonyl (C=O) groups excluding carboxylic acids is 1. The van der Waals surface area contributed by atoms with Gasteiger partial charge < -0.3 is 10.4 Å². The first-order valence-corrected chi connectivity index (χ1v) is 5.93. The second-order valence-corrected chi connectivity index (χ2v) is 4.35. The number of rotatable bonds is 5. The van der Waals surface area contributed by atoms with Gasteiger partial charge in [0.15, 0.2) is 8.46 Å². The average molecular weight is 231 g/mol. The largest absolute Gasteiger partial charge is 0.480 e. The first kappa shape index (κ1) is 12.1. The van der Waals surface area contributed by atoms with Gasteiger partial charge in [0.2, 0.25) is 5.91 Å². The maximum absolute atomic E-state index is 11.5. The van der Waals surface area contributed by atoms with Crippen molar-refractivity contribution in [2.24, 2.45) is 11.8 Å². The fourth-order valence-electron chi connectivity index (χ4n) is 2.10. The molecule has 5 nitrogen and oxygen atoms in total. The minimum absolute atomic E-state index is 0.00483. The molecular weight excluding hydrogens is 217 g/mol. The molecule has 0 saturated carbocycles. The van der Waals surface area contributed by atoms with Gasteiger partial charge in [-0.15, -0.1) is 0 Å². The molecule has 0 bridgehead atoms. The summed E-state index contributed by atoms with van der Waals surface area (Å²) in [7, 11) is 0.00483. The summed E-state index contributed by atoms with van der Waals surface area (Å²) in [6, 6.07) is -0.782. The van der Waals surface area contributed by atoms with Crippen LogP contribution >= 0.6 is 8.46 Å². The summed E-state index contributed by atoms with van der Waals surface area (Å²) < 4.78 is 10.3. The van der Waals surface area contributed by atoms with Crippen molar-refractivity contribution in [3.05, 3.63) is 0 Å². The quantitative estimate of drug-likeness (QED) is 0.688. The second kappa shape index (κ2) is 5.21. The van der Waals surface area contributed by atoms with Crippen molar-refractivity contribution < 1.29 is 19.3 Å². The lowest BCUT2D eigenvalue weighted by atomic mass is 9.86. The third-order valence-corrected chi connectivity index (χ3v) is 3.29. The van der Waals surface area contributed by atoms with E-state index < -0.39 is 12.0 Å². The normalized spacial score (nSPS) is 30.5. The van der Waals surface area contributed by atoms with Crippen molar-refractivity contribution in [2.45, 2.75) is 25.8 Å². The number of nitrogens with one attached hydrogen (secondary N) is 1. The molecule has 6 heteroatoms. The Bertz CT molecular complexity index is 281. The van der Waals surface area contributed by atoms with Crippen LogP contribution < -0.4 is 5.32 Å². The maximum atomic E-state index is 11.5. The Hall–Kier alpha value is -0.960. The lowest BCUT2D eigenvalue weighted by Gasteiger charge is -2.16. The van der Waals surface area contributed by atoms with E-state index >= 15 is 0 Å². The number of carboxylic acids is 1. The molecule has 0 radical (unpaired) electrons. The van der Waals surface area contributed by atoms with Crippen LogP contribution in [0.1, 0.15) is 19.8 Å². The number of hydrogen-bond acceptors (Lipinski definition) is 3. The van der Waals surface area contributed by atoms with Crippen molar-refractivity contribution in [3.8, 4) is 0 Å². The Morgan fingerprint density at radius 3 is 2.73 bits per heavy atom. The number of hydrogen-bond donors (Lipinski definition) is 2. The molecule has 0 spiro atoms. The molecule has 0 aliphatic carbocycles. The van der Waals surface area contributed by atoms with Crippen LogP contribution in [-0.4, -0.2) is 29.2 Å². The number of amides is 1. The van der Waals surface area contributed by atoms with Crippen molar-refractivity contribution in [1.29, 1.82) is 0 Å². The topological polar surface area (TPSA) is 83.5 Å². The second-order valence-electron chi connectivity index (χ2n) is 3.64. The zero-order valence-corrected chi connectivity index (χ0v) is 9.37. The number of carboxylic acid groups (broad SMARTS) is 1. The van der Waals surface area contributed by atoms with Gasteiger partial charge in [0, 0.05) is 18.0 Å². The van der Waals surface area contributed by atoms with E-state index in [9.17, 15) is 14.2 Å². The SMILES string of the molecule is CC[C@@H]1[C@@H](CCP=O)C(=O)N[C@H]1C(=O)O.